The Balaban J connectivity index is 1.79. The number of halogens is 6. The molecule has 8 heteroatoms. The number of hydrogen-bond donors (Lipinski definition) is 0. The predicted octanol–water partition coefficient (Wildman–Crippen LogP) is 6.70. The first-order valence-corrected chi connectivity index (χ1v) is 10.1. The molecule has 2 aliphatic rings. The Hall–Kier alpha value is -2.77. The first-order valence-electron chi connectivity index (χ1n) is 10.1. The van der Waals surface area contributed by atoms with E-state index in [1.54, 1.807) is 0 Å². The molecule has 0 amide bonds. The van der Waals surface area contributed by atoms with E-state index < -0.39 is 34.9 Å². The van der Waals surface area contributed by atoms with Gasteiger partial charge in [0.05, 0.1) is 0 Å². The van der Waals surface area contributed by atoms with Crippen LogP contribution in [0.3, 0.4) is 0 Å². The second-order valence-corrected chi connectivity index (χ2v) is 8.37. The quantitative estimate of drug-likeness (QED) is 0.222. The highest BCUT2D eigenvalue weighted by Crippen LogP contribution is 2.57. The molecule has 0 radical (unpaired) electrons. The lowest BCUT2D eigenvalue weighted by Crippen LogP contribution is -2.54. The number of allylic oxidation sites excluding steroid dienone is 2. The van der Waals surface area contributed by atoms with Crippen LogP contribution in [0.25, 0.3) is 0 Å². The van der Waals surface area contributed by atoms with Crippen molar-refractivity contribution in [3.63, 3.8) is 0 Å². The highest BCUT2D eigenvalue weighted by Gasteiger charge is 2.72. The molecule has 0 aliphatic heterocycles. The minimum Gasteiger partial charge on any atom is -0.427 e. The van der Waals surface area contributed by atoms with Crippen LogP contribution in [0, 0.1) is 11.8 Å². The normalized spacial score (nSPS) is 22.9. The lowest BCUT2D eigenvalue weighted by atomic mass is 9.72. The topological polar surface area (TPSA) is 26.3 Å². The third-order valence-electron chi connectivity index (χ3n) is 6.45. The molecule has 2 bridgehead atoms. The van der Waals surface area contributed by atoms with Crippen LogP contribution in [0.5, 0.6) is 5.75 Å². The Bertz CT molecular complexity index is 1000. The molecule has 0 saturated heterocycles. The van der Waals surface area contributed by atoms with E-state index in [1.165, 1.54) is 12.1 Å². The van der Waals surface area contributed by atoms with Crippen molar-refractivity contribution in [2.75, 3.05) is 0 Å². The molecule has 170 valence electrons. The first-order chi connectivity index (χ1) is 14.9. The summed E-state index contributed by atoms with van der Waals surface area (Å²) in [5, 5.41) is 0. The Morgan fingerprint density at radius 3 is 1.75 bits per heavy atom. The zero-order valence-corrected chi connectivity index (χ0v) is 17.0. The molecule has 2 aromatic rings. The molecular formula is C24H20F6O2. The lowest BCUT2D eigenvalue weighted by molar-refractivity contribution is -0.288. The summed E-state index contributed by atoms with van der Waals surface area (Å²) in [6.45, 7) is 1.08. The van der Waals surface area contributed by atoms with Gasteiger partial charge in [-0.25, -0.2) is 0 Å². The minimum atomic E-state index is -5.66. The molecule has 2 aliphatic carbocycles. The smallest absolute Gasteiger partial charge is 0.411 e. The molecule has 1 saturated carbocycles. The van der Waals surface area contributed by atoms with E-state index in [9.17, 15) is 31.1 Å². The average molecular weight is 454 g/mol. The third kappa shape index (κ3) is 3.59. The molecule has 3 unspecified atom stereocenters. The number of fused-ring (bicyclic) bond motifs is 2. The molecule has 1 fully saturated rings. The van der Waals surface area contributed by atoms with Gasteiger partial charge in [-0.1, -0.05) is 48.6 Å². The van der Waals surface area contributed by atoms with Crippen molar-refractivity contribution in [2.45, 2.75) is 43.5 Å². The number of ether oxygens (including phenoxy) is 1. The molecule has 2 aromatic carbocycles. The average Bonchev–Trinajstić information content (AvgIpc) is 3.31. The summed E-state index contributed by atoms with van der Waals surface area (Å²) in [7, 11) is 0. The number of carbonyl (C=O) groups is 1. The highest BCUT2D eigenvalue weighted by molar-refractivity contribution is 5.69. The van der Waals surface area contributed by atoms with E-state index in [4.69, 9.17) is 4.74 Å². The van der Waals surface area contributed by atoms with Gasteiger partial charge in [0, 0.05) is 6.92 Å². The Morgan fingerprint density at radius 2 is 1.34 bits per heavy atom. The lowest BCUT2D eigenvalue weighted by Gasteiger charge is -2.38. The van der Waals surface area contributed by atoms with E-state index in [1.807, 2.05) is 0 Å². The molecule has 0 N–H and O–H groups in total. The second kappa shape index (κ2) is 7.67. The molecule has 3 atom stereocenters. The molecule has 0 heterocycles. The Kier molecular flexibility index (Phi) is 5.38. The van der Waals surface area contributed by atoms with Crippen molar-refractivity contribution in [3.05, 3.63) is 77.4 Å². The van der Waals surface area contributed by atoms with Crippen molar-refractivity contribution < 1.29 is 35.9 Å². The van der Waals surface area contributed by atoms with E-state index >= 15 is 0 Å². The fourth-order valence-electron chi connectivity index (χ4n) is 5.07. The van der Waals surface area contributed by atoms with Crippen LogP contribution >= 0.6 is 0 Å². The standard InChI is InChI=1S/C24H20F6O2/c1-14(31)32-20-10-8-19(9-11-20)22(23(25,26)27,24(28,29)30)18-6-4-16(5-7-18)21-13-15-2-3-17(21)12-15/h2-11,15,17,21H,12-13H2,1H3. The van der Waals surface area contributed by atoms with Crippen molar-refractivity contribution in [3.8, 4) is 5.75 Å². The summed E-state index contributed by atoms with van der Waals surface area (Å²) in [6, 6.07) is 7.90. The van der Waals surface area contributed by atoms with Crippen LogP contribution in [-0.2, 0) is 10.2 Å². The van der Waals surface area contributed by atoms with Gasteiger partial charge in [0.1, 0.15) is 5.75 Å². The van der Waals surface area contributed by atoms with Gasteiger partial charge in [-0.15, -0.1) is 0 Å². The predicted molar refractivity (Wildman–Crippen MR) is 105 cm³/mol. The maximum Gasteiger partial charge on any atom is 0.411 e. The number of benzene rings is 2. The summed E-state index contributed by atoms with van der Waals surface area (Å²) in [5.74, 6) is -0.0753. The van der Waals surface area contributed by atoms with Gasteiger partial charge in [-0.3, -0.25) is 4.79 Å². The second-order valence-electron chi connectivity index (χ2n) is 8.37. The van der Waals surface area contributed by atoms with Gasteiger partial charge < -0.3 is 4.74 Å². The summed E-state index contributed by atoms with van der Waals surface area (Å²) in [6.07, 6.45) is -5.31. The maximum atomic E-state index is 14.3. The molecule has 4 rings (SSSR count). The number of carbonyl (C=O) groups excluding carboxylic acids is 1. The van der Waals surface area contributed by atoms with Crippen LogP contribution in [0.4, 0.5) is 26.3 Å². The van der Waals surface area contributed by atoms with Gasteiger partial charge in [0.15, 0.2) is 0 Å². The molecule has 0 aromatic heterocycles. The van der Waals surface area contributed by atoms with E-state index in [2.05, 4.69) is 12.2 Å². The zero-order valence-electron chi connectivity index (χ0n) is 17.0. The van der Waals surface area contributed by atoms with Crippen LogP contribution in [0.1, 0.15) is 42.4 Å². The van der Waals surface area contributed by atoms with Crippen molar-refractivity contribution >= 4 is 5.97 Å². The van der Waals surface area contributed by atoms with Gasteiger partial charge in [-0.2, -0.15) is 26.3 Å². The van der Waals surface area contributed by atoms with Gasteiger partial charge in [0.2, 0.25) is 5.41 Å². The van der Waals surface area contributed by atoms with E-state index in [0.29, 0.717) is 18.1 Å². The van der Waals surface area contributed by atoms with Crippen LogP contribution in [0.15, 0.2) is 60.7 Å². The third-order valence-corrected chi connectivity index (χ3v) is 6.45. The number of hydrogen-bond acceptors (Lipinski definition) is 2. The summed E-state index contributed by atoms with van der Waals surface area (Å²) in [5.41, 5.74) is -5.37. The Morgan fingerprint density at radius 1 is 0.812 bits per heavy atom. The largest absolute Gasteiger partial charge is 0.427 e. The fourth-order valence-corrected chi connectivity index (χ4v) is 5.07. The number of alkyl halides is 6. The summed E-state index contributed by atoms with van der Waals surface area (Å²) >= 11 is 0. The van der Waals surface area contributed by atoms with Crippen LogP contribution in [-0.4, -0.2) is 18.3 Å². The molecular weight excluding hydrogens is 434 g/mol. The maximum absolute atomic E-state index is 14.3. The van der Waals surface area contributed by atoms with Crippen molar-refractivity contribution in [1.82, 2.24) is 0 Å². The first kappa shape index (κ1) is 22.4. The highest BCUT2D eigenvalue weighted by atomic mass is 19.4. The zero-order chi connectivity index (χ0) is 23.3. The van der Waals surface area contributed by atoms with Gasteiger partial charge >= 0.3 is 18.3 Å². The number of esters is 1. The summed E-state index contributed by atoms with van der Waals surface area (Å²) < 4.78 is 90.3. The fraction of sp³-hybridized carbons (Fsp3) is 0.375. The van der Waals surface area contributed by atoms with Crippen LogP contribution < -0.4 is 4.74 Å². The SMILES string of the molecule is CC(=O)Oc1ccc(C(c2ccc(C3CC4C=CC3C4)cc2)(C(F)(F)F)C(F)(F)F)cc1. The molecule has 0 spiro atoms. The Labute approximate surface area is 180 Å². The van der Waals surface area contributed by atoms with Gasteiger partial charge in [0.25, 0.3) is 0 Å². The molecule has 2 nitrogen and oxygen atoms in total. The van der Waals surface area contributed by atoms with Crippen LogP contribution in [0.2, 0.25) is 0 Å². The van der Waals surface area contributed by atoms with Gasteiger partial charge in [-0.05, 0) is 59.4 Å². The summed E-state index contributed by atoms with van der Waals surface area (Å²) in [4.78, 5) is 11.0. The molecule has 32 heavy (non-hydrogen) atoms. The minimum absolute atomic E-state index is 0.105. The van der Waals surface area contributed by atoms with E-state index in [-0.39, 0.29) is 17.6 Å². The van der Waals surface area contributed by atoms with Crippen molar-refractivity contribution in [1.29, 1.82) is 0 Å². The monoisotopic (exact) mass is 454 g/mol. The number of rotatable bonds is 4. The van der Waals surface area contributed by atoms with E-state index in [0.717, 1.165) is 49.6 Å². The van der Waals surface area contributed by atoms with Crippen molar-refractivity contribution in [2.24, 2.45) is 11.8 Å².